The van der Waals surface area contributed by atoms with E-state index in [0.717, 1.165) is 34.1 Å². The maximum Gasteiger partial charge on any atom is 0.0869 e. The van der Waals surface area contributed by atoms with Gasteiger partial charge in [0.1, 0.15) is 0 Å². The molecule has 0 aliphatic heterocycles. The van der Waals surface area contributed by atoms with E-state index in [-0.39, 0.29) is 6.61 Å². The van der Waals surface area contributed by atoms with Crippen molar-refractivity contribution >= 4 is 0 Å². The molecular weight excluding hydrogens is 152 g/mol. The average Bonchev–Trinajstić information content (AvgIpc) is 2.25. The number of rotatable bonds is 1. The molecule has 0 amide bonds. The fourth-order valence-electron chi connectivity index (χ4n) is 1.58. The van der Waals surface area contributed by atoms with Gasteiger partial charge >= 0.3 is 0 Å². The first kappa shape index (κ1) is 9.07. The van der Waals surface area contributed by atoms with Gasteiger partial charge in [-0.3, -0.25) is 0 Å². The number of hydrogen-bond donors (Lipinski definition) is 2. The van der Waals surface area contributed by atoms with Gasteiger partial charge in [0, 0.05) is 5.57 Å². The molecule has 0 aromatic carbocycles. The SMILES string of the molecule is CC1=C(C)C(CO)=C(C)C1=CO. The molecule has 0 bridgehead atoms. The molecule has 0 unspecified atom stereocenters. The minimum Gasteiger partial charge on any atom is -0.515 e. The zero-order valence-electron chi connectivity index (χ0n) is 7.68. The van der Waals surface area contributed by atoms with Crippen LogP contribution in [0.25, 0.3) is 0 Å². The van der Waals surface area contributed by atoms with Gasteiger partial charge < -0.3 is 10.2 Å². The van der Waals surface area contributed by atoms with Gasteiger partial charge in [0.25, 0.3) is 0 Å². The van der Waals surface area contributed by atoms with Crippen LogP contribution in [0.2, 0.25) is 0 Å². The van der Waals surface area contributed by atoms with E-state index >= 15 is 0 Å². The molecule has 2 heteroatoms. The van der Waals surface area contributed by atoms with Gasteiger partial charge in [-0.05, 0) is 43.1 Å². The summed E-state index contributed by atoms with van der Waals surface area (Å²) in [6, 6.07) is 0. The van der Waals surface area contributed by atoms with Gasteiger partial charge in [-0.15, -0.1) is 0 Å². The molecule has 2 N–H and O–H groups in total. The first-order valence-corrected chi connectivity index (χ1v) is 3.97. The Kier molecular flexibility index (Phi) is 2.38. The molecule has 0 aromatic heterocycles. The second-order valence-corrected chi connectivity index (χ2v) is 3.05. The Hall–Kier alpha value is -1.02. The van der Waals surface area contributed by atoms with Crippen LogP contribution >= 0.6 is 0 Å². The van der Waals surface area contributed by atoms with E-state index in [9.17, 15) is 0 Å². The summed E-state index contributed by atoms with van der Waals surface area (Å²) in [4.78, 5) is 0. The van der Waals surface area contributed by atoms with Crippen molar-refractivity contribution in [2.45, 2.75) is 20.8 Å². The van der Waals surface area contributed by atoms with Gasteiger partial charge in [0.2, 0.25) is 0 Å². The van der Waals surface area contributed by atoms with E-state index in [2.05, 4.69) is 0 Å². The van der Waals surface area contributed by atoms with E-state index in [1.165, 1.54) is 0 Å². The van der Waals surface area contributed by atoms with Crippen LogP contribution in [0, 0.1) is 0 Å². The van der Waals surface area contributed by atoms with Crippen LogP contribution in [0.15, 0.2) is 34.1 Å². The monoisotopic (exact) mass is 166 g/mol. The summed E-state index contributed by atoms with van der Waals surface area (Å²) in [5, 5.41) is 18.0. The lowest BCUT2D eigenvalue weighted by Crippen LogP contribution is -1.91. The standard InChI is InChI=1S/C10H14O2/c1-6-7(2)10(5-12)8(3)9(6)4-11/h4,11-12H,5H2,1-3H3. The lowest BCUT2D eigenvalue weighted by atomic mass is 10.1. The highest BCUT2D eigenvalue weighted by Crippen LogP contribution is 2.35. The quantitative estimate of drug-likeness (QED) is 0.585. The second kappa shape index (κ2) is 3.15. The van der Waals surface area contributed by atoms with Crippen molar-refractivity contribution in [1.82, 2.24) is 0 Å². The number of aliphatic hydroxyl groups excluding tert-OH is 2. The van der Waals surface area contributed by atoms with E-state index in [4.69, 9.17) is 10.2 Å². The highest BCUT2D eigenvalue weighted by Gasteiger charge is 2.19. The van der Waals surface area contributed by atoms with Crippen molar-refractivity contribution in [1.29, 1.82) is 0 Å². The summed E-state index contributed by atoms with van der Waals surface area (Å²) in [6.07, 6.45) is 1.11. The Balaban J connectivity index is 3.24. The molecule has 0 aromatic rings. The highest BCUT2D eigenvalue weighted by molar-refractivity contribution is 5.61. The van der Waals surface area contributed by atoms with Crippen LogP contribution in [-0.4, -0.2) is 16.8 Å². The Morgan fingerprint density at radius 1 is 1.08 bits per heavy atom. The summed E-state index contributed by atoms with van der Waals surface area (Å²) in [7, 11) is 0. The first-order valence-electron chi connectivity index (χ1n) is 3.97. The number of allylic oxidation sites excluding steroid dienone is 3. The summed E-state index contributed by atoms with van der Waals surface area (Å²) in [5.74, 6) is 0. The fourth-order valence-corrected chi connectivity index (χ4v) is 1.58. The molecule has 0 radical (unpaired) electrons. The fraction of sp³-hybridized carbons (Fsp3) is 0.400. The summed E-state index contributed by atoms with van der Waals surface area (Å²) >= 11 is 0. The third kappa shape index (κ3) is 1.08. The molecule has 1 aliphatic rings. The predicted molar refractivity (Wildman–Crippen MR) is 48.9 cm³/mol. The molecule has 0 spiro atoms. The Bertz CT molecular complexity index is 293. The molecule has 0 heterocycles. The van der Waals surface area contributed by atoms with Crippen molar-refractivity contribution in [3.8, 4) is 0 Å². The Labute approximate surface area is 72.5 Å². The van der Waals surface area contributed by atoms with E-state index in [0.29, 0.717) is 0 Å². The lowest BCUT2D eigenvalue weighted by molar-refractivity contribution is 0.333. The molecule has 0 saturated heterocycles. The summed E-state index contributed by atoms with van der Waals surface area (Å²) < 4.78 is 0. The Morgan fingerprint density at radius 2 is 1.67 bits per heavy atom. The molecular formula is C10H14O2. The maximum absolute atomic E-state index is 9.04. The van der Waals surface area contributed by atoms with Crippen molar-refractivity contribution in [2.24, 2.45) is 0 Å². The summed E-state index contributed by atoms with van der Waals surface area (Å²) in [5.41, 5.74) is 4.90. The number of aliphatic hydroxyl groups is 2. The lowest BCUT2D eigenvalue weighted by Gasteiger charge is -1.99. The minimum atomic E-state index is 0.0480. The van der Waals surface area contributed by atoms with Crippen LogP contribution in [0.5, 0.6) is 0 Å². The molecule has 2 nitrogen and oxygen atoms in total. The minimum absolute atomic E-state index is 0.0480. The predicted octanol–water partition coefficient (Wildman–Crippen LogP) is 2.09. The van der Waals surface area contributed by atoms with Gasteiger partial charge in [-0.2, -0.15) is 0 Å². The molecule has 0 saturated carbocycles. The number of hydrogen-bond acceptors (Lipinski definition) is 2. The van der Waals surface area contributed by atoms with Crippen molar-refractivity contribution < 1.29 is 10.2 Å². The smallest absolute Gasteiger partial charge is 0.0869 e. The largest absolute Gasteiger partial charge is 0.515 e. The Morgan fingerprint density at radius 3 is 1.92 bits per heavy atom. The first-order chi connectivity index (χ1) is 5.63. The second-order valence-electron chi connectivity index (χ2n) is 3.05. The van der Waals surface area contributed by atoms with E-state index in [1.807, 2.05) is 20.8 Å². The van der Waals surface area contributed by atoms with Crippen LogP contribution in [0.4, 0.5) is 0 Å². The van der Waals surface area contributed by atoms with E-state index < -0.39 is 0 Å². The molecule has 66 valence electrons. The van der Waals surface area contributed by atoms with Crippen LogP contribution in [0.3, 0.4) is 0 Å². The van der Waals surface area contributed by atoms with Crippen LogP contribution < -0.4 is 0 Å². The molecule has 1 aliphatic carbocycles. The van der Waals surface area contributed by atoms with Crippen LogP contribution in [-0.2, 0) is 0 Å². The highest BCUT2D eigenvalue weighted by atomic mass is 16.3. The van der Waals surface area contributed by atoms with Gasteiger partial charge in [0.15, 0.2) is 0 Å². The molecule has 0 atom stereocenters. The van der Waals surface area contributed by atoms with Gasteiger partial charge in [-0.1, -0.05) is 0 Å². The van der Waals surface area contributed by atoms with Crippen molar-refractivity contribution in [3.63, 3.8) is 0 Å². The normalized spacial score (nSPS) is 21.5. The third-order valence-corrected chi connectivity index (χ3v) is 2.56. The molecule has 1 rings (SSSR count). The summed E-state index contributed by atoms with van der Waals surface area (Å²) in [6.45, 7) is 5.87. The van der Waals surface area contributed by atoms with E-state index in [1.54, 1.807) is 0 Å². The third-order valence-electron chi connectivity index (χ3n) is 2.56. The van der Waals surface area contributed by atoms with Crippen molar-refractivity contribution in [3.05, 3.63) is 34.1 Å². The zero-order chi connectivity index (χ0) is 9.30. The zero-order valence-corrected chi connectivity index (χ0v) is 7.68. The maximum atomic E-state index is 9.04. The van der Waals surface area contributed by atoms with Gasteiger partial charge in [-0.25, -0.2) is 0 Å². The van der Waals surface area contributed by atoms with Gasteiger partial charge in [0.05, 0.1) is 12.9 Å². The average molecular weight is 166 g/mol. The molecule has 12 heavy (non-hydrogen) atoms. The topological polar surface area (TPSA) is 40.5 Å². The van der Waals surface area contributed by atoms with Crippen molar-refractivity contribution in [2.75, 3.05) is 6.61 Å². The molecule has 0 fully saturated rings. The van der Waals surface area contributed by atoms with Crippen LogP contribution in [0.1, 0.15) is 20.8 Å².